The van der Waals surface area contributed by atoms with Crippen molar-refractivity contribution in [2.45, 2.75) is 9.79 Å². The second-order valence-electron chi connectivity index (χ2n) is 5.98. The molecule has 1 aliphatic rings. The second-order valence-corrected chi connectivity index (χ2v) is 10.9. The molecule has 0 aliphatic heterocycles. The van der Waals surface area contributed by atoms with Gasteiger partial charge in [0, 0.05) is 10.0 Å². The van der Waals surface area contributed by atoms with E-state index in [1.54, 1.807) is 0 Å². The van der Waals surface area contributed by atoms with Crippen LogP contribution in [0.15, 0.2) is 84.6 Å². The Balaban J connectivity index is 2.10. The third-order valence-corrected chi connectivity index (χ3v) is 7.66. The van der Waals surface area contributed by atoms with Gasteiger partial charge in [-0.25, -0.2) is 8.42 Å². The SMILES string of the molecule is O=C1C(Cl)=C/C(=N\S(=O)(=O)c2ccc(Cl)cc2)C(NS(=O)(=O)c2ccc(Cl)cc2)=C1Cl. The Morgan fingerprint density at radius 1 is 0.742 bits per heavy atom. The van der Waals surface area contributed by atoms with Gasteiger partial charge in [-0.05, 0) is 54.6 Å². The molecule has 0 saturated heterocycles. The predicted octanol–water partition coefficient (Wildman–Crippen LogP) is 4.26. The number of benzene rings is 2. The van der Waals surface area contributed by atoms with Crippen molar-refractivity contribution in [3.05, 3.63) is 80.4 Å². The molecule has 2 aromatic rings. The molecule has 0 radical (unpaired) electrons. The number of nitrogens with one attached hydrogen (secondary N) is 1. The topological polar surface area (TPSA) is 110 Å². The standard InChI is InChI=1S/C18H10Cl4N2O5S2/c19-10-1-5-12(6-2-10)30(26,27)23-15-9-14(21)18(25)16(22)17(15)24-31(28,29)13-7-3-11(20)4-8-13/h1-9,24H/b23-15+. The number of hydrogen-bond acceptors (Lipinski definition) is 5. The zero-order valence-corrected chi connectivity index (χ0v) is 19.7. The lowest BCUT2D eigenvalue weighted by Crippen LogP contribution is -2.31. The van der Waals surface area contributed by atoms with E-state index in [4.69, 9.17) is 46.4 Å². The minimum Gasteiger partial charge on any atom is -0.287 e. The molecule has 0 aromatic heterocycles. The lowest BCUT2D eigenvalue weighted by Gasteiger charge is -2.17. The fourth-order valence-electron chi connectivity index (χ4n) is 2.35. The minimum atomic E-state index is -4.33. The summed E-state index contributed by atoms with van der Waals surface area (Å²) in [7, 11) is -8.61. The van der Waals surface area contributed by atoms with Crippen molar-refractivity contribution in [1.82, 2.24) is 4.72 Å². The van der Waals surface area contributed by atoms with Crippen LogP contribution in [0.25, 0.3) is 0 Å². The van der Waals surface area contributed by atoms with Gasteiger partial charge in [0.25, 0.3) is 20.0 Å². The number of halogens is 4. The Morgan fingerprint density at radius 2 is 1.23 bits per heavy atom. The monoisotopic (exact) mass is 538 g/mol. The van der Waals surface area contributed by atoms with Gasteiger partial charge in [-0.15, -0.1) is 0 Å². The highest BCUT2D eigenvalue weighted by Crippen LogP contribution is 2.27. The summed E-state index contributed by atoms with van der Waals surface area (Å²) in [6, 6.07) is 10.2. The van der Waals surface area contributed by atoms with Gasteiger partial charge < -0.3 is 0 Å². The Morgan fingerprint density at radius 3 is 1.74 bits per heavy atom. The van der Waals surface area contributed by atoms with Crippen molar-refractivity contribution in [3.8, 4) is 0 Å². The molecular weight excluding hydrogens is 530 g/mol. The molecule has 0 fully saturated rings. The highest BCUT2D eigenvalue weighted by atomic mass is 35.5. The van der Waals surface area contributed by atoms with E-state index in [9.17, 15) is 21.6 Å². The zero-order valence-electron chi connectivity index (χ0n) is 15.0. The predicted molar refractivity (Wildman–Crippen MR) is 120 cm³/mol. The molecule has 3 rings (SSSR count). The summed E-state index contributed by atoms with van der Waals surface area (Å²) in [6.07, 6.45) is 0.906. The molecule has 0 spiro atoms. The summed E-state index contributed by atoms with van der Waals surface area (Å²) in [5, 5.41) is -0.480. The molecule has 31 heavy (non-hydrogen) atoms. The lowest BCUT2D eigenvalue weighted by molar-refractivity contribution is -0.111. The first-order valence-corrected chi connectivity index (χ1v) is 12.6. The van der Waals surface area contributed by atoms with Gasteiger partial charge in [-0.2, -0.15) is 12.8 Å². The van der Waals surface area contributed by atoms with Crippen molar-refractivity contribution in [3.63, 3.8) is 0 Å². The van der Waals surface area contributed by atoms with Crippen LogP contribution >= 0.6 is 46.4 Å². The average Bonchev–Trinajstić information content (AvgIpc) is 2.70. The van der Waals surface area contributed by atoms with E-state index >= 15 is 0 Å². The molecular formula is C18H10Cl4N2O5S2. The molecule has 13 heteroatoms. The van der Waals surface area contributed by atoms with Gasteiger partial charge in [0.2, 0.25) is 5.78 Å². The van der Waals surface area contributed by atoms with E-state index in [0.29, 0.717) is 10.0 Å². The fraction of sp³-hybridized carbons (Fsp3) is 0. The van der Waals surface area contributed by atoms with Gasteiger partial charge in [0.15, 0.2) is 0 Å². The van der Waals surface area contributed by atoms with Crippen molar-refractivity contribution in [1.29, 1.82) is 0 Å². The van der Waals surface area contributed by atoms with E-state index < -0.39 is 47.3 Å². The first kappa shape index (κ1) is 23.8. The smallest absolute Gasteiger partial charge is 0.282 e. The highest BCUT2D eigenvalue weighted by molar-refractivity contribution is 7.90. The summed E-state index contributed by atoms with van der Waals surface area (Å²) in [6.45, 7) is 0. The maximum Gasteiger partial charge on any atom is 0.282 e. The van der Waals surface area contributed by atoms with Gasteiger partial charge in [0.1, 0.15) is 10.7 Å². The zero-order chi connectivity index (χ0) is 23.0. The first-order chi connectivity index (χ1) is 14.4. The maximum absolute atomic E-state index is 12.7. The van der Waals surface area contributed by atoms with Crippen LogP contribution in [0.5, 0.6) is 0 Å². The van der Waals surface area contributed by atoms with Crippen LogP contribution in [-0.4, -0.2) is 28.3 Å². The number of sulfonamides is 2. The van der Waals surface area contributed by atoms with Crippen LogP contribution in [0.1, 0.15) is 0 Å². The van der Waals surface area contributed by atoms with Crippen LogP contribution in [0.2, 0.25) is 10.0 Å². The number of hydrogen-bond donors (Lipinski definition) is 1. The summed E-state index contributed by atoms with van der Waals surface area (Å²) < 4.78 is 56.5. The Labute approximate surface area is 198 Å². The van der Waals surface area contributed by atoms with Crippen molar-refractivity contribution in [2.24, 2.45) is 4.40 Å². The van der Waals surface area contributed by atoms with Gasteiger partial charge in [-0.1, -0.05) is 46.4 Å². The molecule has 0 atom stereocenters. The molecule has 162 valence electrons. The van der Waals surface area contributed by atoms with Gasteiger partial charge in [0.05, 0.1) is 20.5 Å². The van der Waals surface area contributed by atoms with E-state index in [2.05, 4.69) is 9.12 Å². The normalized spacial score (nSPS) is 16.5. The van der Waals surface area contributed by atoms with E-state index in [1.165, 1.54) is 48.5 Å². The van der Waals surface area contributed by atoms with Crippen molar-refractivity contribution < 1.29 is 21.6 Å². The number of allylic oxidation sites excluding steroid dienone is 3. The molecule has 0 saturated carbocycles. The average molecular weight is 540 g/mol. The third-order valence-electron chi connectivity index (χ3n) is 3.85. The molecule has 2 aromatic carbocycles. The van der Waals surface area contributed by atoms with Crippen molar-refractivity contribution >= 4 is 77.9 Å². The summed E-state index contributed by atoms with van der Waals surface area (Å²) in [5.74, 6) is -0.903. The maximum atomic E-state index is 12.7. The second kappa shape index (κ2) is 8.93. The fourth-order valence-corrected chi connectivity index (χ4v) is 5.23. The minimum absolute atomic E-state index is 0.207. The molecule has 1 N–H and O–H groups in total. The molecule has 0 heterocycles. The number of carbonyl (C=O) groups excluding carboxylic acids is 1. The number of ketones is 1. The quantitative estimate of drug-likeness (QED) is 0.571. The van der Waals surface area contributed by atoms with Crippen LogP contribution in [0.4, 0.5) is 0 Å². The largest absolute Gasteiger partial charge is 0.287 e. The van der Waals surface area contributed by atoms with E-state index in [0.717, 1.165) is 6.08 Å². The van der Waals surface area contributed by atoms with Crippen LogP contribution in [0.3, 0.4) is 0 Å². The van der Waals surface area contributed by atoms with Crippen LogP contribution in [0, 0.1) is 0 Å². The molecule has 1 aliphatic carbocycles. The highest BCUT2D eigenvalue weighted by Gasteiger charge is 2.30. The van der Waals surface area contributed by atoms with Crippen LogP contribution < -0.4 is 4.72 Å². The van der Waals surface area contributed by atoms with Crippen LogP contribution in [-0.2, 0) is 24.8 Å². The molecule has 7 nitrogen and oxygen atoms in total. The van der Waals surface area contributed by atoms with Crippen molar-refractivity contribution in [2.75, 3.05) is 0 Å². The summed E-state index contributed by atoms with van der Waals surface area (Å²) in [4.78, 5) is 11.7. The number of carbonyl (C=O) groups is 1. The summed E-state index contributed by atoms with van der Waals surface area (Å²) in [5.41, 5.74) is -1.01. The molecule has 0 bridgehead atoms. The number of rotatable bonds is 5. The van der Waals surface area contributed by atoms with Gasteiger partial charge >= 0.3 is 0 Å². The Kier molecular flexibility index (Phi) is 6.85. The first-order valence-electron chi connectivity index (χ1n) is 8.12. The van der Waals surface area contributed by atoms with E-state index in [1.807, 2.05) is 0 Å². The number of nitrogens with zero attached hydrogens (tertiary/aromatic N) is 1. The van der Waals surface area contributed by atoms with E-state index in [-0.39, 0.29) is 9.79 Å². The Hall–Kier alpha value is -1.88. The Bertz CT molecular complexity index is 1360. The number of Topliss-reactive ketones (excluding diaryl/α,β-unsaturated/α-hetero) is 1. The molecule has 0 amide bonds. The lowest BCUT2D eigenvalue weighted by atomic mass is 10.1. The third kappa shape index (κ3) is 5.31. The molecule has 0 unspecified atom stereocenters. The van der Waals surface area contributed by atoms with Gasteiger partial charge in [-0.3, -0.25) is 9.52 Å². The summed E-state index contributed by atoms with van der Waals surface area (Å²) >= 11 is 23.4.